The number of para-hydroxylation sites is 1. The number of alkyl halides is 6. The molecule has 1 heterocycles. The van der Waals surface area contributed by atoms with Gasteiger partial charge in [-0.1, -0.05) is 17.3 Å². The Labute approximate surface area is 113 Å². The first-order valence-corrected chi connectivity index (χ1v) is 5.40. The summed E-state index contributed by atoms with van der Waals surface area (Å²) in [5, 5.41) is 10.8. The van der Waals surface area contributed by atoms with Crippen molar-refractivity contribution in [3.05, 3.63) is 41.1 Å². The molecule has 0 unspecified atom stereocenters. The largest absolute Gasteiger partial charge is 0.433 e. The SMILES string of the molecule is O/N=C\c1cc(C(F)(F)F)nc2c(C(F)(F)F)cccc12. The number of halogens is 6. The second-order valence-corrected chi connectivity index (χ2v) is 4.04. The van der Waals surface area contributed by atoms with E-state index in [9.17, 15) is 26.3 Å². The van der Waals surface area contributed by atoms with Crippen LogP contribution in [0.4, 0.5) is 26.3 Å². The lowest BCUT2D eigenvalue weighted by atomic mass is 10.0. The molecule has 2 aromatic rings. The molecule has 9 heteroatoms. The first-order valence-electron chi connectivity index (χ1n) is 5.40. The Balaban J connectivity index is 2.90. The van der Waals surface area contributed by atoms with Gasteiger partial charge in [0.25, 0.3) is 0 Å². The maximum Gasteiger partial charge on any atom is 0.433 e. The highest BCUT2D eigenvalue weighted by Crippen LogP contribution is 2.37. The molecule has 0 aliphatic rings. The summed E-state index contributed by atoms with van der Waals surface area (Å²) in [6, 6.07) is 3.35. The van der Waals surface area contributed by atoms with E-state index < -0.39 is 29.1 Å². The summed E-state index contributed by atoms with van der Waals surface area (Å²) in [6.45, 7) is 0. The van der Waals surface area contributed by atoms with Crippen molar-refractivity contribution in [2.75, 3.05) is 0 Å². The van der Waals surface area contributed by atoms with Crippen LogP contribution in [0.1, 0.15) is 16.8 Å². The maximum atomic E-state index is 12.9. The molecule has 1 aromatic carbocycles. The zero-order chi connectivity index (χ0) is 15.8. The van der Waals surface area contributed by atoms with Gasteiger partial charge in [0.05, 0.1) is 17.3 Å². The highest BCUT2D eigenvalue weighted by Gasteiger charge is 2.37. The normalized spacial score (nSPS) is 13.2. The lowest BCUT2D eigenvalue weighted by Gasteiger charge is -2.13. The van der Waals surface area contributed by atoms with Gasteiger partial charge in [-0.05, 0) is 12.1 Å². The van der Waals surface area contributed by atoms with E-state index in [1.807, 2.05) is 0 Å². The van der Waals surface area contributed by atoms with Crippen LogP contribution in [-0.4, -0.2) is 16.4 Å². The Kier molecular flexibility index (Phi) is 3.52. The lowest BCUT2D eigenvalue weighted by molar-refractivity contribution is -0.142. The van der Waals surface area contributed by atoms with Gasteiger partial charge in [-0.25, -0.2) is 4.98 Å². The van der Waals surface area contributed by atoms with Crippen LogP contribution in [0.3, 0.4) is 0 Å². The molecule has 0 amide bonds. The first kappa shape index (κ1) is 15.1. The second kappa shape index (κ2) is 4.90. The van der Waals surface area contributed by atoms with Crippen molar-refractivity contribution in [2.24, 2.45) is 5.16 Å². The molecule has 0 aliphatic carbocycles. The van der Waals surface area contributed by atoms with E-state index in [1.165, 1.54) is 0 Å². The van der Waals surface area contributed by atoms with Crippen LogP contribution in [0.15, 0.2) is 29.4 Å². The molecule has 0 atom stereocenters. The fraction of sp³-hybridized carbons (Fsp3) is 0.167. The lowest BCUT2D eigenvalue weighted by Crippen LogP contribution is -2.12. The summed E-state index contributed by atoms with van der Waals surface area (Å²) < 4.78 is 76.7. The molecule has 0 bridgehead atoms. The number of fused-ring (bicyclic) bond motifs is 1. The highest BCUT2D eigenvalue weighted by atomic mass is 19.4. The van der Waals surface area contributed by atoms with Crippen LogP contribution < -0.4 is 0 Å². The molecule has 1 N–H and O–H groups in total. The van der Waals surface area contributed by atoms with Crippen molar-refractivity contribution in [3.63, 3.8) is 0 Å². The van der Waals surface area contributed by atoms with E-state index in [0.717, 1.165) is 12.1 Å². The molecule has 3 nitrogen and oxygen atoms in total. The number of nitrogens with zero attached hydrogens (tertiary/aromatic N) is 2. The van der Waals surface area contributed by atoms with Gasteiger partial charge in [0.1, 0.15) is 5.69 Å². The molecular formula is C12H6F6N2O. The van der Waals surface area contributed by atoms with Crippen LogP contribution in [0, 0.1) is 0 Å². The topological polar surface area (TPSA) is 45.5 Å². The third-order valence-corrected chi connectivity index (χ3v) is 2.66. The van der Waals surface area contributed by atoms with E-state index in [2.05, 4.69) is 10.1 Å². The van der Waals surface area contributed by atoms with E-state index in [0.29, 0.717) is 18.3 Å². The fourth-order valence-electron chi connectivity index (χ4n) is 1.82. The van der Waals surface area contributed by atoms with Gasteiger partial charge >= 0.3 is 12.4 Å². The minimum atomic E-state index is -4.93. The molecule has 0 radical (unpaired) electrons. The average molecular weight is 308 g/mol. The van der Waals surface area contributed by atoms with Gasteiger partial charge < -0.3 is 5.21 Å². The third kappa shape index (κ3) is 2.91. The van der Waals surface area contributed by atoms with Crippen LogP contribution in [0.5, 0.6) is 0 Å². The minimum absolute atomic E-state index is 0.198. The molecule has 112 valence electrons. The maximum absolute atomic E-state index is 12.9. The summed E-state index contributed by atoms with van der Waals surface area (Å²) in [7, 11) is 0. The van der Waals surface area contributed by atoms with Crippen LogP contribution in [0.2, 0.25) is 0 Å². The Hall–Kier alpha value is -2.32. The summed E-state index contributed by atoms with van der Waals surface area (Å²) in [4.78, 5) is 3.07. The van der Waals surface area contributed by atoms with Crippen molar-refractivity contribution in [1.29, 1.82) is 0 Å². The zero-order valence-electron chi connectivity index (χ0n) is 10.00. The average Bonchev–Trinajstić information content (AvgIpc) is 2.36. The monoisotopic (exact) mass is 308 g/mol. The first-order chi connectivity index (χ1) is 9.64. The van der Waals surface area contributed by atoms with E-state index in [-0.39, 0.29) is 10.9 Å². The second-order valence-electron chi connectivity index (χ2n) is 4.04. The molecule has 2 rings (SSSR count). The van der Waals surface area contributed by atoms with Crippen molar-refractivity contribution < 1.29 is 31.5 Å². The molecule has 0 spiro atoms. The summed E-state index contributed by atoms with van der Waals surface area (Å²) in [5.41, 5.74) is -3.96. The quantitative estimate of drug-likeness (QED) is 0.373. The van der Waals surface area contributed by atoms with Gasteiger partial charge in [-0.3, -0.25) is 0 Å². The highest BCUT2D eigenvalue weighted by molar-refractivity contribution is 5.99. The van der Waals surface area contributed by atoms with E-state index in [4.69, 9.17) is 5.21 Å². The Bertz CT molecular complexity index is 705. The molecule has 1 aromatic heterocycles. The number of rotatable bonds is 1. The Morgan fingerprint density at radius 3 is 2.24 bits per heavy atom. The fourth-order valence-corrected chi connectivity index (χ4v) is 1.82. The molecule has 21 heavy (non-hydrogen) atoms. The Morgan fingerprint density at radius 1 is 1.05 bits per heavy atom. The molecule has 0 saturated heterocycles. The molecule has 0 aliphatic heterocycles. The molecule has 0 fully saturated rings. The van der Waals surface area contributed by atoms with Gasteiger partial charge in [-0.15, -0.1) is 0 Å². The van der Waals surface area contributed by atoms with Crippen molar-refractivity contribution in [1.82, 2.24) is 4.98 Å². The number of aromatic nitrogens is 1. The number of hydrogen-bond acceptors (Lipinski definition) is 3. The number of oxime groups is 1. The number of hydrogen-bond donors (Lipinski definition) is 1. The van der Waals surface area contributed by atoms with Gasteiger partial charge in [0.15, 0.2) is 0 Å². The smallest absolute Gasteiger partial charge is 0.411 e. The summed E-state index contributed by atoms with van der Waals surface area (Å²) in [5.74, 6) is 0. The summed E-state index contributed by atoms with van der Waals surface area (Å²) in [6.07, 6.45) is -9.16. The van der Waals surface area contributed by atoms with Crippen molar-refractivity contribution in [3.8, 4) is 0 Å². The number of benzene rings is 1. The van der Waals surface area contributed by atoms with E-state index in [1.54, 1.807) is 0 Å². The Morgan fingerprint density at radius 2 is 1.71 bits per heavy atom. The van der Waals surface area contributed by atoms with Crippen molar-refractivity contribution in [2.45, 2.75) is 12.4 Å². The van der Waals surface area contributed by atoms with Crippen LogP contribution >= 0.6 is 0 Å². The number of pyridine rings is 1. The van der Waals surface area contributed by atoms with Gasteiger partial charge in [0, 0.05) is 10.9 Å². The predicted molar refractivity (Wildman–Crippen MR) is 61.1 cm³/mol. The van der Waals surface area contributed by atoms with E-state index >= 15 is 0 Å². The van der Waals surface area contributed by atoms with Crippen molar-refractivity contribution >= 4 is 17.1 Å². The molecule has 0 saturated carbocycles. The summed E-state index contributed by atoms with van der Waals surface area (Å²) >= 11 is 0. The third-order valence-electron chi connectivity index (χ3n) is 2.66. The molecular weight excluding hydrogens is 302 g/mol. The van der Waals surface area contributed by atoms with Crippen LogP contribution in [0.25, 0.3) is 10.9 Å². The van der Waals surface area contributed by atoms with Crippen LogP contribution in [-0.2, 0) is 12.4 Å². The standard InChI is InChI=1S/C12H6F6N2O/c13-11(14,15)8-3-1-2-7-6(5-19-21)4-9(12(16,17)18)20-10(7)8/h1-5,21H/b19-5-. The minimum Gasteiger partial charge on any atom is -0.411 e. The predicted octanol–water partition coefficient (Wildman–Crippen LogP) is 4.08. The van der Waals surface area contributed by atoms with Gasteiger partial charge in [0.2, 0.25) is 0 Å². The zero-order valence-corrected chi connectivity index (χ0v) is 10.00. The van der Waals surface area contributed by atoms with Gasteiger partial charge in [-0.2, -0.15) is 26.3 Å².